The number of carbonyl (C=O) groups excluding carboxylic acids is 1. The third-order valence-corrected chi connectivity index (χ3v) is 3.16. The van der Waals surface area contributed by atoms with Crippen LogP contribution in [0.1, 0.15) is 15.9 Å². The largest absolute Gasteiger partial charge is 0.497 e. The summed E-state index contributed by atoms with van der Waals surface area (Å²) in [6, 6.07) is 12.2. The molecule has 0 spiro atoms. The number of hydrogen-bond acceptors (Lipinski definition) is 5. The molecule has 2 rings (SSSR count). The number of ether oxygens (including phenoxy) is 3. The lowest BCUT2D eigenvalue weighted by Crippen LogP contribution is -2.18. The average Bonchev–Trinajstić information content (AvgIpc) is 2.61. The van der Waals surface area contributed by atoms with E-state index in [9.17, 15) is 4.79 Å². The lowest BCUT2D eigenvalue weighted by molar-refractivity contribution is 0.0952. The Bertz CT molecular complexity index is 713. The second-order valence-electron chi connectivity index (χ2n) is 4.51. The number of hydrazone groups is 1. The minimum atomic E-state index is -0.361. The lowest BCUT2D eigenvalue weighted by atomic mass is 10.2. The second-order valence-corrected chi connectivity index (χ2v) is 4.51. The summed E-state index contributed by atoms with van der Waals surface area (Å²) >= 11 is 0. The fraction of sp³-hybridized carbons (Fsp3) is 0.176. The van der Waals surface area contributed by atoms with Gasteiger partial charge in [-0.1, -0.05) is 12.1 Å². The monoisotopic (exact) mass is 314 g/mol. The zero-order valence-corrected chi connectivity index (χ0v) is 13.2. The molecular formula is C17H18N2O4. The molecule has 0 radical (unpaired) electrons. The first-order valence-electron chi connectivity index (χ1n) is 6.88. The summed E-state index contributed by atoms with van der Waals surface area (Å²) < 4.78 is 15.6. The summed E-state index contributed by atoms with van der Waals surface area (Å²) in [5.41, 5.74) is 3.56. The maximum atomic E-state index is 12.1. The molecule has 6 heteroatoms. The van der Waals surface area contributed by atoms with Gasteiger partial charge in [-0.2, -0.15) is 5.10 Å². The van der Waals surface area contributed by atoms with Crippen LogP contribution in [0.5, 0.6) is 17.2 Å². The van der Waals surface area contributed by atoms with E-state index in [0.717, 1.165) is 0 Å². The first kappa shape index (κ1) is 16.4. The zero-order chi connectivity index (χ0) is 16.7. The smallest absolute Gasteiger partial charge is 0.275 e. The number of rotatable bonds is 6. The van der Waals surface area contributed by atoms with Crippen molar-refractivity contribution in [3.63, 3.8) is 0 Å². The third-order valence-electron chi connectivity index (χ3n) is 3.16. The normalized spacial score (nSPS) is 10.4. The number of benzene rings is 2. The Morgan fingerprint density at radius 3 is 2.43 bits per heavy atom. The predicted molar refractivity (Wildman–Crippen MR) is 87.6 cm³/mol. The highest BCUT2D eigenvalue weighted by molar-refractivity contribution is 5.97. The molecule has 0 saturated heterocycles. The van der Waals surface area contributed by atoms with Gasteiger partial charge in [0.25, 0.3) is 5.91 Å². The molecule has 1 amide bonds. The van der Waals surface area contributed by atoms with Crippen LogP contribution in [-0.4, -0.2) is 33.5 Å². The Balaban J connectivity index is 2.14. The molecule has 0 unspecified atom stereocenters. The van der Waals surface area contributed by atoms with Gasteiger partial charge >= 0.3 is 0 Å². The van der Waals surface area contributed by atoms with Gasteiger partial charge in [0.2, 0.25) is 0 Å². The first-order valence-corrected chi connectivity index (χ1v) is 6.88. The van der Waals surface area contributed by atoms with Gasteiger partial charge in [0.15, 0.2) is 0 Å². The molecule has 1 N–H and O–H groups in total. The molecule has 2 aromatic carbocycles. The highest BCUT2D eigenvalue weighted by Gasteiger charge is 2.10. The van der Waals surface area contributed by atoms with E-state index in [4.69, 9.17) is 14.2 Å². The molecule has 0 fully saturated rings. The highest BCUT2D eigenvalue weighted by atomic mass is 16.5. The van der Waals surface area contributed by atoms with Crippen LogP contribution in [0.4, 0.5) is 0 Å². The van der Waals surface area contributed by atoms with Crippen molar-refractivity contribution in [1.82, 2.24) is 5.43 Å². The number of hydrogen-bond donors (Lipinski definition) is 1. The molecule has 2 aromatic rings. The first-order chi connectivity index (χ1) is 11.2. The number of methoxy groups -OCH3 is 3. The molecule has 0 aliphatic carbocycles. The van der Waals surface area contributed by atoms with Crippen LogP contribution >= 0.6 is 0 Å². The molecule has 0 bridgehead atoms. The number of para-hydroxylation sites is 1. The molecule has 120 valence electrons. The van der Waals surface area contributed by atoms with Crippen LogP contribution in [0.2, 0.25) is 0 Å². The minimum Gasteiger partial charge on any atom is -0.497 e. The molecule has 23 heavy (non-hydrogen) atoms. The van der Waals surface area contributed by atoms with Crippen molar-refractivity contribution in [3.05, 3.63) is 53.6 Å². The SMILES string of the molecule is COc1ccc(OC)c(/C=N/NC(=O)c2ccccc2OC)c1. The Labute approximate surface area is 134 Å². The van der Waals surface area contributed by atoms with Crippen molar-refractivity contribution in [2.75, 3.05) is 21.3 Å². The van der Waals surface area contributed by atoms with Gasteiger partial charge in [-0.05, 0) is 30.3 Å². The van der Waals surface area contributed by atoms with Gasteiger partial charge < -0.3 is 14.2 Å². The molecular weight excluding hydrogens is 296 g/mol. The average molecular weight is 314 g/mol. The van der Waals surface area contributed by atoms with E-state index in [1.54, 1.807) is 56.7 Å². The fourth-order valence-electron chi connectivity index (χ4n) is 1.99. The van der Waals surface area contributed by atoms with E-state index in [-0.39, 0.29) is 5.91 Å². The second kappa shape index (κ2) is 7.84. The Morgan fingerprint density at radius 1 is 1.00 bits per heavy atom. The van der Waals surface area contributed by atoms with Crippen molar-refractivity contribution in [1.29, 1.82) is 0 Å². The standard InChI is InChI=1S/C17H18N2O4/c1-21-13-8-9-15(22-2)12(10-13)11-18-19-17(20)14-6-4-5-7-16(14)23-3/h4-11H,1-3H3,(H,19,20)/b18-11+. The third kappa shape index (κ3) is 4.00. The van der Waals surface area contributed by atoms with Crippen molar-refractivity contribution >= 4 is 12.1 Å². The van der Waals surface area contributed by atoms with Gasteiger partial charge in [0.1, 0.15) is 17.2 Å². The maximum absolute atomic E-state index is 12.1. The van der Waals surface area contributed by atoms with E-state index in [1.807, 2.05) is 0 Å². The Kier molecular flexibility index (Phi) is 5.57. The number of nitrogens with one attached hydrogen (secondary N) is 1. The minimum absolute atomic E-state index is 0.361. The Hall–Kier alpha value is -3.02. The van der Waals surface area contributed by atoms with Gasteiger partial charge in [-0.3, -0.25) is 4.79 Å². The highest BCUT2D eigenvalue weighted by Crippen LogP contribution is 2.22. The predicted octanol–water partition coefficient (Wildman–Crippen LogP) is 2.48. The van der Waals surface area contributed by atoms with Crippen LogP contribution in [0, 0.1) is 0 Å². The van der Waals surface area contributed by atoms with Crippen molar-refractivity contribution in [2.45, 2.75) is 0 Å². The van der Waals surface area contributed by atoms with Crippen molar-refractivity contribution < 1.29 is 19.0 Å². The summed E-state index contributed by atoms with van der Waals surface area (Å²) in [7, 11) is 4.65. The van der Waals surface area contributed by atoms with Crippen LogP contribution < -0.4 is 19.6 Å². The quantitative estimate of drug-likeness (QED) is 0.657. The summed E-state index contributed by atoms with van der Waals surface area (Å²) in [4.78, 5) is 12.1. The molecule has 6 nitrogen and oxygen atoms in total. The lowest BCUT2D eigenvalue weighted by Gasteiger charge is -2.07. The topological polar surface area (TPSA) is 69.2 Å². The molecule has 0 saturated carbocycles. The Morgan fingerprint density at radius 2 is 1.74 bits per heavy atom. The van der Waals surface area contributed by atoms with Crippen LogP contribution in [0.3, 0.4) is 0 Å². The molecule has 0 heterocycles. The zero-order valence-electron chi connectivity index (χ0n) is 13.2. The van der Waals surface area contributed by atoms with E-state index in [1.165, 1.54) is 13.3 Å². The summed E-state index contributed by atoms with van der Waals surface area (Å²) in [6.45, 7) is 0. The van der Waals surface area contributed by atoms with Gasteiger partial charge in [-0.15, -0.1) is 0 Å². The number of carbonyl (C=O) groups is 1. The maximum Gasteiger partial charge on any atom is 0.275 e. The number of nitrogens with zero attached hydrogens (tertiary/aromatic N) is 1. The van der Waals surface area contributed by atoms with Gasteiger partial charge in [0, 0.05) is 5.56 Å². The fourth-order valence-corrected chi connectivity index (χ4v) is 1.99. The molecule has 0 aliphatic rings. The summed E-state index contributed by atoms with van der Waals surface area (Å²) in [5.74, 6) is 1.42. The molecule has 0 aromatic heterocycles. The van der Waals surface area contributed by atoms with Crippen LogP contribution in [0.25, 0.3) is 0 Å². The van der Waals surface area contributed by atoms with Crippen molar-refractivity contribution in [2.24, 2.45) is 5.10 Å². The molecule has 0 aliphatic heterocycles. The number of amides is 1. The van der Waals surface area contributed by atoms with E-state index < -0.39 is 0 Å². The van der Waals surface area contributed by atoms with Crippen LogP contribution in [0.15, 0.2) is 47.6 Å². The van der Waals surface area contributed by atoms with E-state index in [0.29, 0.717) is 28.4 Å². The van der Waals surface area contributed by atoms with Crippen molar-refractivity contribution in [3.8, 4) is 17.2 Å². The summed E-state index contributed by atoms with van der Waals surface area (Å²) in [6.07, 6.45) is 1.49. The van der Waals surface area contributed by atoms with Gasteiger partial charge in [-0.25, -0.2) is 5.43 Å². The van der Waals surface area contributed by atoms with E-state index >= 15 is 0 Å². The molecule has 0 atom stereocenters. The summed E-state index contributed by atoms with van der Waals surface area (Å²) in [5, 5.41) is 3.96. The van der Waals surface area contributed by atoms with Crippen LogP contribution in [-0.2, 0) is 0 Å². The van der Waals surface area contributed by atoms with E-state index in [2.05, 4.69) is 10.5 Å². The van der Waals surface area contributed by atoms with Gasteiger partial charge in [0.05, 0.1) is 33.1 Å².